The smallest absolute Gasteiger partial charge is 0.226 e. The van der Waals surface area contributed by atoms with E-state index in [-0.39, 0.29) is 5.91 Å². The van der Waals surface area contributed by atoms with Gasteiger partial charge in [0.2, 0.25) is 5.91 Å². The highest BCUT2D eigenvalue weighted by atomic mass is 32.1. The lowest BCUT2D eigenvalue weighted by Gasteiger charge is -2.10. The summed E-state index contributed by atoms with van der Waals surface area (Å²) >= 11 is 1.57. The zero-order valence-electron chi connectivity index (χ0n) is 12.1. The van der Waals surface area contributed by atoms with Gasteiger partial charge in [-0.05, 0) is 23.8 Å². The number of carbonyl (C=O) groups is 1. The van der Waals surface area contributed by atoms with E-state index in [9.17, 15) is 4.79 Å². The van der Waals surface area contributed by atoms with E-state index in [0.29, 0.717) is 18.5 Å². The number of anilines is 1. The van der Waals surface area contributed by atoms with Crippen LogP contribution in [0.3, 0.4) is 0 Å². The molecule has 1 heterocycles. The third-order valence-electron chi connectivity index (χ3n) is 3.06. The van der Waals surface area contributed by atoms with Crippen molar-refractivity contribution in [3.05, 3.63) is 51.7 Å². The molecule has 0 unspecified atom stereocenters. The Morgan fingerprint density at radius 2 is 2.05 bits per heavy atom. The largest absolute Gasteiger partial charge is 0.380 e. The van der Waals surface area contributed by atoms with Crippen LogP contribution in [0.2, 0.25) is 0 Å². The van der Waals surface area contributed by atoms with Crippen molar-refractivity contribution in [1.29, 1.82) is 5.26 Å². The van der Waals surface area contributed by atoms with Crippen molar-refractivity contribution < 1.29 is 4.79 Å². The molecule has 5 heteroatoms. The van der Waals surface area contributed by atoms with Crippen LogP contribution in [0.25, 0.3) is 0 Å². The molecular weight excluding hydrogens is 282 g/mol. The molecule has 0 spiro atoms. The molecule has 0 bridgehead atoms. The molecule has 0 aliphatic carbocycles. The van der Waals surface area contributed by atoms with Crippen LogP contribution >= 0.6 is 11.3 Å². The van der Waals surface area contributed by atoms with E-state index in [1.807, 2.05) is 35.7 Å². The summed E-state index contributed by atoms with van der Waals surface area (Å²) < 4.78 is 0. The minimum atomic E-state index is 0.0957. The van der Waals surface area contributed by atoms with Gasteiger partial charge in [0, 0.05) is 36.6 Å². The second kappa shape index (κ2) is 6.91. The Kier molecular flexibility index (Phi) is 4.96. The van der Waals surface area contributed by atoms with Gasteiger partial charge in [-0.1, -0.05) is 12.1 Å². The number of benzene rings is 1. The van der Waals surface area contributed by atoms with Crippen molar-refractivity contribution in [2.45, 2.75) is 13.0 Å². The maximum absolute atomic E-state index is 11.6. The van der Waals surface area contributed by atoms with Gasteiger partial charge < -0.3 is 10.2 Å². The fourth-order valence-corrected chi connectivity index (χ4v) is 2.54. The third kappa shape index (κ3) is 4.33. The molecule has 0 atom stereocenters. The van der Waals surface area contributed by atoms with E-state index in [4.69, 9.17) is 5.26 Å². The fourth-order valence-electron chi connectivity index (χ4n) is 1.79. The number of hydrogen-bond donors (Lipinski definition) is 1. The number of rotatable bonds is 5. The van der Waals surface area contributed by atoms with Gasteiger partial charge in [0.25, 0.3) is 0 Å². The number of amides is 1. The molecule has 2 aromatic rings. The van der Waals surface area contributed by atoms with Crippen molar-refractivity contribution in [3.63, 3.8) is 0 Å². The molecule has 0 saturated carbocycles. The summed E-state index contributed by atoms with van der Waals surface area (Å²) in [7, 11) is 3.52. The van der Waals surface area contributed by atoms with Gasteiger partial charge in [-0.15, -0.1) is 11.3 Å². The van der Waals surface area contributed by atoms with Gasteiger partial charge in [-0.3, -0.25) is 4.79 Å². The second-order valence-electron chi connectivity index (χ2n) is 4.93. The molecular formula is C16H17N3OS. The first-order chi connectivity index (χ1) is 10.1. The molecule has 2 rings (SSSR count). The van der Waals surface area contributed by atoms with Crippen LogP contribution in [0.1, 0.15) is 16.0 Å². The highest BCUT2D eigenvalue weighted by Gasteiger charge is 2.05. The van der Waals surface area contributed by atoms with Crippen molar-refractivity contribution >= 4 is 22.9 Å². The number of thiophene rings is 1. The Hall–Kier alpha value is -2.32. The molecule has 0 saturated heterocycles. The standard InChI is InChI=1S/C16H17N3OS/c1-19(2)16(20)8-12-3-5-14(6-4-12)18-10-15-7-13(9-17)11-21-15/h3-7,11,18H,8,10H2,1-2H3. The first-order valence-electron chi connectivity index (χ1n) is 6.59. The Labute approximate surface area is 128 Å². The lowest BCUT2D eigenvalue weighted by atomic mass is 10.1. The van der Waals surface area contributed by atoms with Gasteiger partial charge in [0.1, 0.15) is 6.07 Å². The maximum atomic E-state index is 11.6. The van der Waals surface area contributed by atoms with E-state index in [1.165, 1.54) is 0 Å². The van der Waals surface area contributed by atoms with Crippen molar-refractivity contribution in [2.75, 3.05) is 19.4 Å². The second-order valence-corrected chi connectivity index (χ2v) is 5.92. The average Bonchev–Trinajstić information content (AvgIpc) is 2.94. The van der Waals surface area contributed by atoms with Crippen LogP contribution in [-0.2, 0) is 17.8 Å². The highest BCUT2D eigenvalue weighted by molar-refractivity contribution is 7.10. The summed E-state index contributed by atoms with van der Waals surface area (Å²) in [5.74, 6) is 0.0957. The quantitative estimate of drug-likeness (QED) is 0.923. The lowest BCUT2D eigenvalue weighted by molar-refractivity contribution is -0.127. The first-order valence-corrected chi connectivity index (χ1v) is 7.47. The molecule has 4 nitrogen and oxygen atoms in total. The first kappa shape index (κ1) is 15.1. The van der Waals surface area contributed by atoms with Crippen molar-refractivity contribution in [2.24, 2.45) is 0 Å². The van der Waals surface area contributed by atoms with Crippen LogP contribution in [0, 0.1) is 11.3 Å². The zero-order valence-corrected chi connectivity index (χ0v) is 12.9. The fraction of sp³-hybridized carbons (Fsp3) is 0.250. The van der Waals surface area contributed by atoms with Crippen LogP contribution in [0.5, 0.6) is 0 Å². The van der Waals surface area contributed by atoms with E-state index in [2.05, 4.69) is 11.4 Å². The number of likely N-dealkylation sites (N-methyl/N-ethyl adjacent to an activating group) is 1. The summed E-state index contributed by atoms with van der Waals surface area (Å²) in [6, 6.07) is 11.9. The number of nitrogens with zero attached hydrogens (tertiary/aromatic N) is 2. The number of hydrogen-bond acceptors (Lipinski definition) is 4. The van der Waals surface area contributed by atoms with E-state index >= 15 is 0 Å². The van der Waals surface area contributed by atoms with Crippen molar-refractivity contribution in [1.82, 2.24) is 4.90 Å². The summed E-state index contributed by atoms with van der Waals surface area (Å²) in [6.45, 7) is 0.697. The SMILES string of the molecule is CN(C)C(=O)Cc1ccc(NCc2cc(C#N)cs2)cc1. The normalized spacial score (nSPS) is 9.95. The van der Waals surface area contributed by atoms with E-state index in [0.717, 1.165) is 16.1 Å². The van der Waals surface area contributed by atoms with Crippen LogP contribution < -0.4 is 5.32 Å². The van der Waals surface area contributed by atoms with Crippen LogP contribution in [-0.4, -0.2) is 24.9 Å². The number of carbonyl (C=O) groups excluding carboxylic acids is 1. The van der Waals surface area contributed by atoms with Gasteiger partial charge in [0.05, 0.1) is 12.0 Å². The Morgan fingerprint density at radius 3 is 2.62 bits per heavy atom. The van der Waals surface area contributed by atoms with Gasteiger partial charge in [0.15, 0.2) is 0 Å². The molecule has 1 aromatic heterocycles. The maximum Gasteiger partial charge on any atom is 0.226 e. The Bertz CT molecular complexity index is 653. The average molecular weight is 299 g/mol. The number of nitrogens with one attached hydrogen (secondary N) is 1. The molecule has 0 aliphatic rings. The summed E-state index contributed by atoms with van der Waals surface area (Å²) in [5.41, 5.74) is 2.71. The van der Waals surface area contributed by atoms with Crippen molar-refractivity contribution in [3.8, 4) is 6.07 Å². The molecule has 1 N–H and O–H groups in total. The molecule has 108 valence electrons. The highest BCUT2D eigenvalue weighted by Crippen LogP contribution is 2.17. The van der Waals surface area contributed by atoms with Gasteiger partial charge >= 0.3 is 0 Å². The topological polar surface area (TPSA) is 56.1 Å². The summed E-state index contributed by atoms with van der Waals surface area (Å²) in [5, 5.41) is 13.9. The predicted molar refractivity (Wildman–Crippen MR) is 85.2 cm³/mol. The molecule has 0 aliphatic heterocycles. The molecule has 21 heavy (non-hydrogen) atoms. The molecule has 0 radical (unpaired) electrons. The van der Waals surface area contributed by atoms with Gasteiger partial charge in [-0.25, -0.2) is 0 Å². The van der Waals surface area contributed by atoms with Crippen LogP contribution in [0.15, 0.2) is 35.7 Å². The lowest BCUT2D eigenvalue weighted by Crippen LogP contribution is -2.23. The minimum Gasteiger partial charge on any atom is -0.380 e. The minimum absolute atomic E-state index is 0.0957. The van der Waals surface area contributed by atoms with E-state index in [1.54, 1.807) is 30.3 Å². The molecule has 0 fully saturated rings. The molecule has 1 aromatic carbocycles. The van der Waals surface area contributed by atoms with Gasteiger partial charge in [-0.2, -0.15) is 5.26 Å². The Balaban J connectivity index is 1.90. The summed E-state index contributed by atoms with van der Waals surface area (Å²) in [6.07, 6.45) is 0.420. The third-order valence-corrected chi connectivity index (χ3v) is 3.99. The molecule has 1 amide bonds. The summed E-state index contributed by atoms with van der Waals surface area (Å²) in [4.78, 5) is 14.3. The zero-order chi connectivity index (χ0) is 15.2. The predicted octanol–water partition coefficient (Wildman–Crippen LogP) is 2.86. The van der Waals surface area contributed by atoms with Crippen LogP contribution in [0.4, 0.5) is 5.69 Å². The Morgan fingerprint density at radius 1 is 1.33 bits per heavy atom. The monoisotopic (exact) mass is 299 g/mol. The number of nitriles is 1. The van der Waals surface area contributed by atoms with E-state index < -0.39 is 0 Å².